The molecule has 1 amide bonds. The molecule has 1 heterocycles. The van der Waals surface area contributed by atoms with E-state index in [1.165, 1.54) is 12.1 Å². The van der Waals surface area contributed by atoms with Gasteiger partial charge in [-0.1, -0.05) is 23.2 Å². The van der Waals surface area contributed by atoms with Gasteiger partial charge in [-0.05, 0) is 12.1 Å². The van der Waals surface area contributed by atoms with Gasteiger partial charge in [0, 0.05) is 18.9 Å². The van der Waals surface area contributed by atoms with Crippen LogP contribution in [0, 0.1) is 0 Å². The van der Waals surface area contributed by atoms with E-state index < -0.39 is 0 Å². The van der Waals surface area contributed by atoms with Crippen molar-refractivity contribution < 1.29 is 9.53 Å². The van der Waals surface area contributed by atoms with Crippen LogP contribution < -0.4 is 11.1 Å². The Kier molecular flexibility index (Phi) is 5.06. The summed E-state index contributed by atoms with van der Waals surface area (Å²) in [6.07, 6.45) is 3.26. The standard InChI is InChI=1S/C13H14Cl2N4O2/c1-21-3-2-19-7-9(6-17-19)18-13(20)8-4-10(14)12(16)11(15)5-8/h4-7H,2-3,16H2,1H3,(H,18,20). The molecule has 0 aliphatic heterocycles. The number of hydrogen-bond acceptors (Lipinski definition) is 4. The maximum atomic E-state index is 12.1. The molecule has 0 radical (unpaired) electrons. The normalized spacial score (nSPS) is 10.6. The van der Waals surface area contributed by atoms with E-state index in [-0.39, 0.29) is 21.6 Å². The summed E-state index contributed by atoms with van der Waals surface area (Å²) >= 11 is 11.8. The van der Waals surface area contributed by atoms with Gasteiger partial charge in [0.25, 0.3) is 5.91 Å². The Morgan fingerprint density at radius 3 is 2.71 bits per heavy atom. The number of hydrogen-bond donors (Lipinski definition) is 2. The van der Waals surface area contributed by atoms with Crippen LogP contribution in [0.4, 0.5) is 11.4 Å². The molecule has 8 heteroatoms. The lowest BCUT2D eigenvalue weighted by molar-refractivity contribution is 0.102. The number of nitrogen functional groups attached to an aromatic ring is 1. The van der Waals surface area contributed by atoms with Crippen molar-refractivity contribution in [1.29, 1.82) is 0 Å². The molecule has 0 spiro atoms. The van der Waals surface area contributed by atoms with Crippen LogP contribution in [0.5, 0.6) is 0 Å². The number of nitrogens with zero attached hydrogens (tertiary/aromatic N) is 2. The lowest BCUT2D eigenvalue weighted by Crippen LogP contribution is -2.12. The fraction of sp³-hybridized carbons (Fsp3) is 0.231. The number of aromatic nitrogens is 2. The summed E-state index contributed by atoms with van der Waals surface area (Å²) in [7, 11) is 1.61. The van der Waals surface area contributed by atoms with Gasteiger partial charge in [0.15, 0.2) is 0 Å². The van der Waals surface area contributed by atoms with E-state index in [1.807, 2.05) is 0 Å². The second-order valence-electron chi connectivity index (χ2n) is 4.29. The number of ether oxygens (including phenoxy) is 1. The molecule has 0 aliphatic carbocycles. The van der Waals surface area contributed by atoms with Gasteiger partial charge in [-0.25, -0.2) is 0 Å². The van der Waals surface area contributed by atoms with Crippen LogP contribution in [0.1, 0.15) is 10.4 Å². The second kappa shape index (κ2) is 6.80. The summed E-state index contributed by atoms with van der Waals surface area (Å²) in [5, 5.41) is 7.29. The molecule has 1 aromatic carbocycles. The number of carbonyl (C=O) groups is 1. The molecule has 0 bridgehead atoms. The summed E-state index contributed by atoms with van der Waals surface area (Å²) in [4.78, 5) is 12.1. The van der Waals surface area contributed by atoms with Crippen molar-refractivity contribution in [3.05, 3.63) is 40.1 Å². The van der Waals surface area contributed by atoms with Gasteiger partial charge in [-0.3, -0.25) is 9.48 Å². The molecule has 0 aliphatic rings. The fourth-order valence-electron chi connectivity index (χ4n) is 1.65. The van der Waals surface area contributed by atoms with Gasteiger partial charge in [0.1, 0.15) is 0 Å². The van der Waals surface area contributed by atoms with Gasteiger partial charge >= 0.3 is 0 Å². The first-order valence-electron chi connectivity index (χ1n) is 6.08. The van der Waals surface area contributed by atoms with Crippen molar-refractivity contribution in [3.8, 4) is 0 Å². The molecule has 1 aromatic heterocycles. The zero-order valence-electron chi connectivity index (χ0n) is 11.3. The van der Waals surface area contributed by atoms with Crippen molar-refractivity contribution in [3.63, 3.8) is 0 Å². The van der Waals surface area contributed by atoms with Crippen LogP contribution in [0.25, 0.3) is 0 Å². The van der Waals surface area contributed by atoms with Crippen LogP contribution in [0.15, 0.2) is 24.5 Å². The number of carbonyl (C=O) groups excluding carboxylic acids is 1. The Morgan fingerprint density at radius 2 is 2.10 bits per heavy atom. The average molecular weight is 329 g/mol. The van der Waals surface area contributed by atoms with Crippen LogP contribution in [-0.2, 0) is 11.3 Å². The number of nitrogens with two attached hydrogens (primary N) is 1. The maximum absolute atomic E-state index is 12.1. The Labute approximate surface area is 131 Å². The summed E-state index contributed by atoms with van der Waals surface area (Å²) in [5.74, 6) is -0.343. The highest BCUT2D eigenvalue weighted by Crippen LogP contribution is 2.29. The third-order valence-corrected chi connectivity index (χ3v) is 3.38. The number of methoxy groups -OCH3 is 1. The summed E-state index contributed by atoms with van der Waals surface area (Å²) < 4.78 is 6.62. The number of anilines is 2. The van der Waals surface area contributed by atoms with E-state index in [0.717, 1.165) is 0 Å². The number of benzene rings is 1. The second-order valence-corrected chi connectivity index (χ2v) is 5.11. The molecule has 112 valence electrons. The van der Waals surface area contributed by atoms with E-state index >= 15 is 0 Å². The summed E-state index contributed by atoms with van der Waals surface area (Å²) in [5.41, 5.74) is 6.78. The SMILES string of the molecule is COCCn1cc(NC(=O)c2cc(Cl)c(N)c(Cl)c2)cn1. The molecular formula is C13H14Cl2N4O2. The Morgan fingerprint density at radius 1 is 1.43 bits per heavy atom. The van der Waals surface area contributed by atoms with Crippen LogP contribution in [0.2, 0.25) is 10.0 Å². The van der Waals surface area contributed by atoms with Gasteiger partial charge in [0.2, 0.25) is 0 Å². The van der Waals surface area contributed by atoms with Gasteiger partial charge in [-0.2, -0.15) is 5.10 Å². The number of rotatable bonds is 5. The summed E-state index contributed by atoms with van der Waals surface area (Å²) in [6, 6.07) is 2.93. The van der Waals surface area contributed by atoms with E-state index in [9.17, 15) is 4.79 Å². The number of amides is 1. The minimum atomic E-state index is -0.343. The first-order valence-corrected chi connectivity index (χ1v) is 6.84. The molecular weight excluding hydrogens is 315 g/mol. The highest BCUT2D eigenvalue weighted by atomic mass is 35.5. The van der Waals surface area contributed by atoms with Crippen molar-refractivity contribution >= 4 is 40.5 Å². The molecule has 2 aromatic rings. The van der Waals surface area contributed by atoms with E-state index in [2.05, 4.69) is 10.4 Å². The van der Waals surface area contributed by atoms with E-state index in [4.69, 9.17) is 33.7 Å². The smallest absolute Gasteiger partial charge is 0.255 e. The zero-order chi connectivity index (χ0) is 15.4. The molecule has 0 unspecified atom stereocenters. The minimum Gasteiger partial charge on any atom is -0.396 e. The number of halogens is 2. The van der Waals surface area contributed by atoms with E-state index in [1.54, 1.807) is 24.2 Å². The Hall–Kier alpha value is -1.76. The van der Waals surface area contributed by atoms with Crippen LogP contribution in [0.3, 0.4) is 0 Å². The molecule has 0 fully saturated rings. The maximum Gasteiger partial charge on any atom is 0.255 e. The quantitative estimate of drug-likeness (QED) is 0.826. The topological polar surface area (TPSA) is 82.2 Å². The third-order valence-electron chi connectivity index (χ3n) is 2.76. The highest BCUT2D eigenvalue weighted by molar-refractivity contribution is 6.39. The zero-order valence-corrected chi connectivity index (χ0v) is 12.8. The lowest BCUT2D eigenvalue weighted by Gasteiger charge is -2.06. The number of nitrogens with one attached hydrogen (secondary N) is 1. The van der Waals surface area contributed by atoms with Crippen molar-refractivity contribution in [1.82, 2.24) is 9.78 Å². The highest BCUT2D eigenvalue weighted by Gasteiger charge is 2.12. The third kappa shape index (κ3) is 3.87. The molecule has 6 nitrogen and oxygen atoms in total. The lowest BCUT2D eigenvalue weighted by atomic mass is 10.2. The predicted molar refractivity (Wildman–Crippen MR) is 82.9 cm³/mol. The molecule has 0 atom stereocenters. The molecule has 3 N–H and O–H groups in total. The molecule has 21 heavy (non-hydrogen) atoms. The molecule has 0 saturated carbocycles. The first-order chi connectivity index (χ1) is 10.0. The van der Waals surface area contributed by atoms with Crippen molar-refractivity contribution in [2.75, 3.05) is 24.8 Å². The molecule has 0 saturated heterocycles. The minimum absolute atomic E-state index is 0.239. The Balaban J connectivity index is 2.09. The van der Waals surface area contributed by atoms with Gasteiger partial charge < -0.3 is 15.8 Å². The van der Waals surface area contributed by atoms with Crippen LogP contribution >= 0.6 is 23.2 Å². The first kappa shape index (κ1) is 15.6. The monoisotopic (exact) mass is 328 g/mol. The van der Waals surface area contributed by atoms with Gasteiger partial charge in [-0.15, -0.1) is 0 Å². The predicted octanol–water partition coefficient (Wildman–Crippen LogP) is 2.67. The van der Waals surface area contributed by atoms with Crippen molar-refractivity contribution in [2.24, 2.45) is 0 Å². The average Bonchev–Trinajstić information content (AvgIpc) is 2.89. The summed E-state index contributed by atoms with van der Waals surface area (Å²) in [6.45, 7) is 1.14. The molecule has 2 rings (SSSR count). The van der Waals surface area contributed by atoms with Gasteiger partial charge in [0.05, 0.1) is 40.8 Å². The van der Waals surface area contributed by atoms with E-state index in [0.29, 0.717) is 24.4 Å². The Bertz CT molecular complexity index is 634. The van der Waals surface area contributed by atoms with Crippen LogP contribution in [-0.4, -0.2) is 29.4 Å². The largest absolute Gasteiger partial charge is 0.396 e. The van der Waals surface area contributed by atoms with Crippen molar-refractivity contribution in [2.45, 2.75) is 6.54 Å². The fourth-order valence-corrected chi connectivity index (χ4v) is 2.14.